The molecular formula is C11H8ClNO3. The van der Waals surface area contributed by atoms with Gasteiger partial charge in [-0.15, -0.1) is 0 Å². The van der Waals surface area contributed by atoms with Crippen molar-refractivity contribution in [3.8, 4) is 5.75 Å². The number of fused-ring (bicyclic) bond motifs is 1. The summed E-state index contributed by atoms with van der Waals surface area (Å²) in [4.78, 5) is 25.0. The number of nitrogens with one attached hydrogen (secondary N) is 1. The fourth-order valence-electron chi connectivity index (χ4n) is 1.55. The lowest BCUT2D eigenvalue weighted by Gasteiger charge is -2.08. The average Bonchev–Trinajstić information content (AvgIpc) is 2.29. The number of aldehydes is 1. The monoisotopic (exact) mass is 237 g/mol. The molecule has 0 spiro atoms. The maximum Gasteiger partial charge on any atom is 0.262 e. The van der Waals surface area contributed by atoms with Gasteiger partial charge in [-0.05, 0) is 12.1 Å². The molecule has 16 heavy (non-hydrogen) atoms. The van der Waals surface area contributed by atoms with Gasteiger partial charge >= 0.3 is 0 Å². The van der Waals surface area contributed by atoms with E-state index >= 15 is 0 Å². The number of ether oxygens (including phenoxy) is 1. The van der Waals surface area contributed by atoms with Gasteiger partial charge in [-0.3, -0.25) is 9.59 Å². The standard InChI is InChI=1S/C11H8ClNO3/c12-6-16-10-7-3-1-2-4-9(7)13-11(15)8(10)5-14/h1-5H,6H2,(H,13,15). The Balaban J connectivity index is 2.86. The van der Waals surface area contributed by atoms with Gasteiger partial charge in [0.2, 0.25) is 0 Å². The number of alkyl halides is 1. The van der Waals surface area contributed by atoms with E-state index in [-0.39, 0.29) is 17.4 Å². The molecule has 0 bridgehead atoms. The third-order valence-corrected chi connectivity index (χ3v) is 2.33. The molecule has 0 unspecified atom stereocenters. The normalized spacial score (nSPS) is 10.3. The second-order valence-corrected chi connectivity index (χ2v) is 3.33. The molecule has 2 rings (SSSR count). The highest BCUT2D eigenvalue weighted by atomic mass is 35.5. The van der Waals surface area contributed by atoms with E-state index in [2.05, 4.69) is 4.98 Å². The summed E-state index contributed by atoms with van der Waals surface area (Å²) >= 11 is 5.47. The van der Waals surface area contributed by atoms with E-state index in [0.717, 1.165) is 0 Å². The number of aromatic nitrogens is 1. The van der Waals surface area contributed by atoms with E-state index in [4.69, 9.17) is 16.3 Å². The molecule has 0 fully saturated rings. The molecule has 0 aliphatic carbocycles. The molecule has 0 aliphatic heterocycles. The van der Waals surface area contributed by atoms with Gasteiger partial charge in [0.25, 0.3) is 5.56 Å². The molecular weight excluding hydrogens is 230 g/mol. The van der Waals surface area contributed by atoms with Crippen molar-refractivity contribution in [2.75, 3.05) is 6.07 Å². The summed E-state index contributed by atoms with van der Waals surface area (Å²) < 4.78 is 5.14. The number of benzene rings is 1. The van der Waals surface area contributed by atoms with E-state index in [9.17, 15) is 9.59 Å². The van der Waals surface area contributed by atoms with Crippen LogP contribution in [-0.2, 0) is 0 Å². The number of rotatable bonds is 3. The van der Waals surface area contributed by atoms with Crippen molar-refractivity contribution < 1.29 is 9.53 Å². The van der Waals surface area contributed by atoms with Gasteiger partial charge < -0.3 is 9.72 Å². The number of carbonyl (C=O) groups is 1. The SMILES string of the molecule is O=Cc1c(OCCl)c2ccccc2[nH]c1=O. The average molecular weight is 238 g/mol. The van der Waals surface area contributed by atoms with Crippen LogP contribution in [0.3, 0.4) is 0 Å². The van der Waals surface area contributed by atoms with Crippen molar-refractivity contribution in [3.63, 3.8) is 0 Å². The highest BCUT2D eigenvalue weighted by molar-refractivity contribution is 6.17. The molecule has 82 valence electrons. The molecule has 0 saturated heterocycles. The highest BCUT2D eigenvalue weighted by Gasteiger charge is 2.12. The summed E-state index contributed by atoms with van der Waals surface area (Å²) in [7, 11) is 0. The van der Waals surface area contributed by atoms with Crippen molar-refractivity contribution >= 4 is 28.8 Å². The second kappa shape index (κ2) is 4.37. The van der Waals surface area contributed by atoms with E-state index in [1.54, 1.807) is 24.3 Å². The highest BCUT2D eigenvalue weighted by Crippen LogP contribution is 2.25. The molecule has 0 aliphatic rings. The molecule has 2 aromatic rings. The van der Waals surface area contributed by atoms with Crippen LogP contribution in [0.5, 0.6) is 5.75 Å². The fourth-order valence-corrected chi connectivity index (χ4v) is 1.65. The van der Waals surface area contributed by atoms with Crippen molar-refractivity contribution in [2.45, 2.75) is 0 Å². The van der Waals surface area contributed by atoms with Crippen molar-refractivity contribution in [1.82, 2.24) is 4.98 Å². The van der Waals surface area contributed by atoms with Gasteiger partial charge in [-0.25, -0.2) is 0 Å². The Kier molecular flexibility index (Phi) is 2.92. The largest absolute Gasteiger partial charge is 0.476 e. The number of H-pyrrole nitrogens is 1. The first-order valence-corrected chi connectivity index (χ1v) is 5.10. The molecule has 0 radical (unpaired) electrons. The van der Waals surface area contributed by atoms with Gasteiger partial charge in [0.05, 0.1) is 5.52 Å². The molecule has 1 aromatic heterocycles. The zero-order valence-corrected chi connectivity index (χ0v) is 8.95. The molecule has 0 amide bonds. The lowest BCUT2D eigenvalue weighted by Crippen LogP contribution is -2.14. The van der Waals surface area contributed by atoms with Crippen molar-refractivity contribution in [2.24, 2.45) is 0 Å². The summed E-state index contributed by atoms with van der Waals surface area (Å²) in [6, 6.07) is 6.93. The summed E-state index contributed by atoms with van der Waals surface area (Å²) in [5.74, 6) is 0.226. The van der Waals surface area contributed by atoms with E-state index in [1.165, 1.54) is 0 Å². The first-order valence-electron chi connectivity index (χ1n) is 4.57. The molecule has 5 heteroatoms. The minimum Gasteiger partial charge on any atom is -0.476 e. The quantitative estimate of drug-likeness (QED) is 0.655. The van der Waals surface area contributed by atoms with Gasteiger partial charge in [-0.2, -0.15) is 0 Å². The summed E-state index contributed by atoms with van der Waals surface area (Å²) in [5, 5.41) is 0.657. The third-order valence-electron chi connectivity index (χ3n) is 2.23. The van der Waals surface area contributed by atoms with Crippen LogP contribution < -0.4 is 10.3 Å². The Bertz CT molecular complexity index is 591. The van der Waals surface area contributed by atoms with E-state index in [1.807, 2.05) is 0 Å². The molecule has 1 aromatic carbocycles. The Hall–Kier alpha value is -1.81. The van der Waals surface area contributed by atoms with Crippen LogP contribution in [0, 0.1) is 0 Å². The number of aromatic amines is 1. The number of hydrogen-bond donors (Lipinski definition) is 1. The summed E-state index contributed by atoms with van der Waals surface area (Å²) in [6.07, 6.45) is 0.465. The number of para-hydroxylation sites is 1. The molecule has 0 saturated carbocycles. The van der Waals surface area contributed by atoms with E-state index in [0.29, 0.717) is 17.2 Å². The van der Waals surface area contributed by atoms with Gasteiger partial charge in [0.15, 0.2) is 12.4 Å². The number of hydrogen-bond acceptors (Lipinski definition) is 3. The Morgan fingerprint density at radius 2 is 2.12 bits per heavy atom. The summed E-state index contributed by atoms with van der Waals surface area (Å²) in [5.41, 5.74) is 0.0892. The lowest BCUT2D eigenvalue weighted by atomic mass is 10.1. The number of halogens is 1. The van der Waals surface area contributed by atoms with Crippen LogP contribution in [0.15, 0.2) is 29.1 Å². The van der Waals surface area contributed by atoms with Gasteiger partial charge in [0.1, 0.15) is 11.3 Å². The van der Waals surface area contributed by atoms with Crippen LogP contribution in [0.1, 0.15) is 10.4 Å². The molecule has 1 heterocycles. The second-order valence-electron chi connectivity index (χ2n) is 3.11. The van der Waals surface area contributed by atoms with Crippen LogP contribution >= 0.6 is 11.6 Å². The predicted octanol–water partition coefficient (Wildman–Crippen LogP) is 1.92. The molecule has 4 nitrogen and oxygen atoms in total. The third kappa shape index (κ3) is 1.67. The van der Waals surface area contributed by atoms with Gasteiger partial charge in [0, 0.05) is 5.39 Å². The Morgan fingerprint density at radius 1 is 1.38 bits per heavy atom. The smallest absolute Gasteiger partial charge is 0.262 e. The first kappa shape index (κ1) is 10.7. The predicted molar refractivity (Wildman–Crippen MR) is 61.3 cm³/mol. The Labute approximate surface area is 95.8 Å². The molecule has 0 atom stereocenters. The topological polar surface area (TPSA) is 59.2 Å². The van der Waals surface area contributed by atoms with Crippen LogP contribution in [0.4, 0.5) is 0 Å². The summed E-state index contributed by atoms with van der Waals surface area (Å²) in [6.45, 7) is 0. The van der Waals surface area contributed by atoms with Crippen LogP contribution in [0.25, 0.3) is 10.9 Å². The van der Waals surface area contributed by atoms with Crippen LogP contribution in [-0.4, -0.2) is 17.3 Å². The van der Waals surface area contributed by atoms with Crippen molar-refractivity contribution in [1.29, 1.82) is 0 Å². The van der Waals surface area contributed by atoms with E-state index < -0.39 is 5.56 Å². The first-order chi connectivity index (χ1) is 7.77. The lowest BCUT2D eigenvalue weighted by molar-refractivity contribution is 0.111. The maximum absolute atomic E-state index is 11.5. The fraction of sp³-hybridized carbons (Fsp3) is 0.0909. The zero-order valence-electron chi connectivity index (χ0n) is 8.20. The van der Waals surface area contributed by atoms with Crippen LogP contribution in [0.2, 0.25) is 0 Å². The number of carbonyl (C=O) groups excluding carboxylic acids is 1. The number of pyridine rings is 1. The van der Waals surface area contributed by atoms with Gasteiger partial charge in [-0.1, -0.05) is 23.7 Å². The Morgan fingerprint density at radius 3 is 2.81 bits per heavy atom. The minimum atomic E-state index is -0.478. The van der Waals surface area contributed by atoms with Crippen molar-refractivity contribution in [3.05, 3.63) is 40.2 Å². The minimum absolute atomic E-state index is 0.0423. The maximum atomic E-state index is 11.5. The molecule has 1 N–H and O–H groups in total. The zero-order chi connectivity index (χ0) is 11.5.